The molecule has 0 saturated carbocycles. The molecule has 2 amide bonds. The highest BCUT2D eigenvalue weighted by molar-refractivity contribution is 5.76. The lowest BCUT2D eigenvalue weighted by molar-refractivity contribution is -0.146. The lowest BCUT2D eigenvalue weighted by Gasteiger charge is -2.24. The number of ether oxygens (including phenoxy) is 1. The fraction of sp³-hybridized carbons (Fsp3) is 0.778. The molecule has 0 aliphatic rings. The van der Waals surface area contributed by atoms with E-state index >= 15 is 0 Å². The number of amides is 2. The van der Waals surface area contributed by atoms with E-state index < -0.39 is 18.1 Å². The number of methoxy groups -OCH3 is 1. The van der Waals surface area contributed by atoms with Crippen molar-refractivity contribution in [2.24, 2.45) is 0 Å². The quantitative estimate of drug-likeness (QED) is 0.553. The summed E-state index contributed by atoms with van der Waals surface area (Å²) in [7, 11) is 3.09. The number of hydrogen-bond donors (Lipinski definition) is 3. The average Bonchev–Trinajstić information content (AvgIpc) is 2.24. The normalized spacial score (nSPS) is 14.0. The summed E-state index contributed by atoms with van der Waals surface area (Å²) >= 11 is 0. The van der Waals surface area contributed by atoms with Crippen LogP contribution in [0.4, 0.5) is 4.79 Å². The second-order valence-corrected chi connectivity index (χ2v) is 3.46. The zero-order chi connectivity index (χ0) is 12.7. The summed E-state index contributed by atoms with van der Waals surface area (Å²) in [5, 5.41) is 19.6. The van der Waals surface area contributed by atoms with E-state index in [1.54, 1.807) is 14.0 Å². The molecule has 0 rings (SSSR count). The third-order valence-corrected chi connectivity index (χ3v) is 2.12. The largest absolute Gasteiger partial charge is 0.479 e. The van der Waals surface area contributed by atoms with Crippen molar-refractivity contribution in [2.45, 2.75) is 19.1 Å². The number of nitrogens with one attached hydrogen (secondary N) is 1. The number of carboxylic acids is 1. The standard InChI is InChI=1S/C9H18N2O5/c1-6(5-16-3)11(2)9(15)10-4-7(12)8(13)14/h6-7,12H,4-5H2,1-3H3,(H,10,15)(H,13,14). The zero-order valence-corrected chi connectivity index (χ0v) is 9.64. The number of carbonyl (C=O) groups excluding carboxylic acids is 1. The molecule has 0 aliphatic carbocycles. The molecule has 0 heterocycles. The highest BCUT2D eigenvalue weighted by Gasteiger charge is 2.18. The Morgan fingerprint density at radius 2 is 2.06 bits per heavy atom. The van der Waals surface area contributed by atoms with Crippen LogP contribution in [-0.2, 0) is 9.53 Å². The third-order valence-electron chi connectivity index (χ3n) is 2.12. The summed E-state index contributed by atoms with van der Waals surface area (Å²) < 4.78 is 4.87. The Balaban J connectivity index is 4.01. The van der Waals surface area contributed by atoms with Gasteiger partial charge in [0, 0.05) is 14.2 Å². The number of nitrogens with zero attached hydrogens (tertiary/aromatic N) is 1. The number of aliphatic hydroxyl groups is 1. The van der Waals surface area contributed by atoms with E-state index in [-0.39, 0.29) is 12.6 Å². The summed E-state index contributed by atoms with van der Waals surface area (Å²) in [6.07, 6.45) is -1.59. The molecule has 7 nitrogen and oxygen atoms in total. The maximum Gasteiger partial charge on any atom is 0.334 e. The molecule has 16 heavy (non-hydrogen) atoms. The van der Waals surface area contributed by atoms with Crippen LogP contribution in [0.1, 0.15) is 6.92 Å². The van der Waals surface area contributed by atoms with Gasteiger partial charge in [0.25, 0.3) is 0 Å². The van der Waals surface area contributed by atoms with Gasteiger partial charge in [-0.1, -0.05) is 0 Å². The van der Waals surface area contributed by atoms with Crippen LogP contribution in [0.2, 0.25) is 0 Å². The number of rotatable bonds is 6. The van der Waals surface area contributed by atoms with E-state index in [4.69, 9.17) is 14.9 Å². The first-order valence-electron chi connectivity index (χ1n) is 4.80. The fourth-order valence-corrected chi connectivity index (χ4v) is 0.949. The SMILES string of the molecule is COCC(C)N(C)C(=O)NCC(O)C(=O)O. The first-order valence-corrected chi connectivity index (χ1v) is 4.80. The van der Waals surface area contributed by atoms with Crippen molar-refractivity contribution in [1.82, 2.24) is 10.2 Å². The van der Waals surface area contributed by atoms with Crippen LogP contribution < -0.4 is 5.32 Å². The van der Waals surface area contributed by atoms with Gasteiger partial charge in [-0.25, -0.2) is 9.59 Å². The molecule has 0 fully saturated rings. The summed E-state index contributed by atoms with van der Waals surface area (Å²) in [6, 6.07) is -0.586. The molecule has 0 aliphatic heterocycles. The lowest BCUT2D eigenvalue weighted by atomic mass is 10.3. The highest BCUT2D eigenvalue weighted by atomic mass is 16.5. The summed E-state index contributed by atoms with van der Waals surface area (Å²) in [5.74, 6) is -1.37. The molecule has 3 N–H and O–H groups in total. The van der Waals surface area contributed by atoms with Crippen molar-refractivity contribution in [3.63, 3.8) is 0 Å². The molecule has 0 radical (unpaired) electrons. The molecular formula is C9H18N2O5. The van der Waals surface area contributed by atoms with Gasteiger partial charge in [0.1, 0.15) is 0 Å². The molecule has 0 aromatic heterocycles. The molecule has 2 atom stereocenters. The minimum Gasteiger partial charge on any atom is -0.479 e. The zero-order valence-electron chi connectivity index (χ0n) is 9.64. The van der Waals surface area contributed by atoms with Crippen molar-refractivity contribution in [2.75, 3.05) is 27.3 Å². The number of carbonyl (C=O) groups is 2. The van der Waals surface area contributed by atoms with E-state index in [1.165, 1.54) is 12.0 Å². The van der Waals surface area contributed by atoms with E-state index in [2.05, 4.69) is 5.32 Å². The molecule has 2 unspecified atom stereocenters. The molecule has 7 heteroatoms. The van der Waals surface area contributed by atoms with Crippen molar-refractivity contribution in [3.05, 3.63) is 0 Å². The van der Waals surface area contributed by atoms with Gasteiger partial charge < -0.3 is 25.2 Å². The van der Waals surface area contributed by atoms with E-state index in [1.807, 2.05) is 0 Å². The van der Waals surface area contributed by atoms with Crippen molar-refractivity contribution >= 4 is 12.0 Å². The van der Waals surface area contributed by atoms with E-state index in [0.717, 1.165) is 0 Å². The second kappa shape index (κ2) is 7.02. The molecule has 0 spiro atoms. The minimum absolute atomic E-state index is 0.132. The van der Waals surface area contributed by atoms with Crippen molar-refractivity contribution in [3.8, 4) is 0 Å². The smallest absolute Gasteiger partial charge is 0.334 e. The van der Waals surface area contributed by atoms with Crippen LogP contribution in [0, 0.1) is 0 Å². The minimum atomic E-state index is -1.59. The van der Waals surface area contributed by atoms with Gasteiger partial charge in [-0.3, -0.25) is 0 Å². The van der Waals surface area contributed by atoms with Gasteiger partial charge in [-0.05, 0) is 6.92 Å². The monoisotopic (exact) mass is 234 g/mol. The highest BCUT2D eigenvalue weighted by Crippen LogP contribution is 1.96. The van der Waals surface area contributed by atoms with Gasteiger partial charge in [-0.15, -0.1) is 0 Å². The molecule has 0 aromatic rings. The predicted molar refractivity (Wildman–Crippen MR) is 56.1 cm³/mol. The third kappa shape index (κ3) is 4.94. The first kappa shape index (κ1) is 14.7. The van der Waals surface area contributed by atoms with Crippen molar-refractivity contribution in [1.29, 1.82) is 0 Å². The van der Waals surface area contributed by atoms with Crippen LogP contribution in [0.3, 0.4) is 0 Å². The lowest BCUT2D eigenvalue weighted by Crippen LogP contribution is -2.47. The van der Waals surface area contributed by atoms with Gasteiger partial charge in [0.05, 0.1) is 19.2 Å². The Morgan fingerprint density at radius 3 is 2.50 bits per heavy atom. The summed E-state index contributed by atoms with van der Waals surface area (Å²) in [4.78, 5) is 23.1. The number of likely N-dealkylation sites (N-methyl/N-ethyl adjacent to an activating group) is 1. The average molecular weight is 234 g/mol. The Hall–Kier alpha value is -1.34. The molecule has 0 bridgehead atoms. The molecule has 0 saturated heterocycles. The first-order chi connectivity index (χ1) is 7.40. The van der Waals surface area contributed by atoms with Crippen LogP contribution in [0.5, 0.6) is 0 Å². The number of urea groups is 1. The Kier molecular flexibility index (Phi) is 6.43. The van der Waals surface area contributed by atoms with Crippen LogP contribution in [0.25, 0.3) is 0 Å². The Morgan fingerprint density at radius 1 is 1.50 bits per heavy atom. The maximum absolute atomic E-state index is 11.4. The van der Waals surface area contributed by atoms with Crippen LogP contribution >= 0.6 is 0 Å². The van der Waals surface area contributed by atoms with Gasteiger partial charge in [0.15, 0.2) is 6.10 Å². The van der Waals surface area contributed by atoms with Crippen LogP contribution in [0.15, 0.2) is 0 Å². The summed E-state index contributed by atoms with van der Waals surface area (Å²) in [6.45, 7) is 1.85. The second-order valence-electron chi connectivity index (χ2n) is 3.46. The topological polar surface area (TPSA) is 99.1 Å². The molecule has 0 aromatic carbocycles. The predicted octanol–water partition coefficient (Wildman–Crippen LogP) is -0.892. The van der Waals surface area contributed by atoms with E-state index in [9.17, 15) is 9.59 Å². The van der Waals surface area contributed by atoms with Gasteiger partial charge in [0.2, 0.25) is 0 Å². The number of carboxylic acid groups (broad SMARTS) is 1. The Labute approximate surface area is 94.0 Å². The van der Waals surface area contributed by atoms with Gasteiger partial charge >= 0.3 is 12.0 Å². The number of aliphatic hydroxyl groups excluding tert-OH is 1. The number of hydrogen-bond acceptors (Lipinski definition) is 4. The Bertz CT molecular complexity index is 246. The van der Waals surface area contributed by atoms with Crippen LogP contribution in [-0.4, -0.2) is 66.6 Å². The maximum atomic E-state index is 11.4. The summed E-state index contributed by atoms with van der Waals surface area (Å²) in [5.41, 5.74) is 0. The molecule has 94 valence electrons. The van der Waals surface area contributed by atoms with Crippen molar-refractivity contribution < 1.29 is 24.5 Å². The fourth-order valence-electron chi connectivity index (χ4n) is 0.949. The molecular weight excluding hydrogens is 216 g/mol. The van der Waals surface area contributed by atoms with E-state index in [0.29, 0.717) is 6.61 Å². The number of aliphatic carboxylic acids is 1. The van der Waals surface area contributed by atoms with Gasteiger partial charge in [-0.2, -0.15) is 0 Å².